The number of hydrogen-bond acceptors (Lipinski definition) is 2. The summed E-state index contributed by atoms with van der Waals surface area (Å²) in [5.41, 5.74) is 0. The van der Waals surface area contributed by atoms with Crippen LogP contribution in [0, 0.1) is 0 Å². The second-order valence-electron chi connectivity index (χ2n) is 3.35. The smallest absolute Gasteiger partial charge is 0.225 e. The lowest BCUT2D eigenvalue weighted by molar-refractivity contribution is -0.132. The third kappa shape index (κ3) is 2.48. The van der Waals surface area contributed by atoms with Crippen molar-refractivity contribution in [1.82, 2.24) is 4.90 Å². The molecule has 1 atom stereocenters. The molecule has 0 aromatic carbocycles. The van der Waals surface area contributed by atoms with Crippen LogP contribution >= 0.6 is 0 Å². The lowest BCUT2D eigenvalue weighted by atomic mass is 10.2. The first-order chi connectivity index (χ1) is 5.74. The summed E-state index contributed by atoms with van der Waals surface area (Å²) in [6.45, 7) is 3.66. The number of hydrogen-bond donors (Lipinski definition) is 1. The molecule has 1 rings (SSSR count). The van der Waals surface area contributed by atoms with Crippen LogP contribution in [-0.2, 0) is 4.79 Å². The second-order valence-corrected chi connectivity index (χ2v) is 3.35. The van der Waals surface area contributed by atoms with Gasteiger partial charge in [0.05, 0.1) is 12.5 Å². The zero-order valence-electron chi connectivity index (χ0n) is 7.62. The van der Waals surface area contributed by atoms with Crippen molar-refractivity contribution in [2.45, 2.75) is 38.7 Å². The number of amides is 1. The van der Waals surface area contributed by atoms with Crippen LogP contribution in [0.5, 0.6) is 0 Å². The van der Waals surface area contributed by atoms with Crippen molar-refractivity contribution in [3.63, 3.8) is 0 Å². The second kappa shape index (κ2) is 4.45. The van der Waals surface area contributed by atoms with Gasteiger partial charge < -0.3 is 10.0 Å². The highest BCUT2D eigenvalue weighted by atomic mass is 16.3. The Morgan fingerprint density at radius 2 is 2.08 bits per heavy atom. The van der Waals surface area contributed by atoms with Gasteiger partial charge in [-0.3, -0.25) is 4.79 Å². The van der Waals surface area contributed by atoms with E-state index in [1.807, 2.05) is 11.8 Å². The summed E-state index contributed by atoms with van der Waals surface area (Å²) in [6, 6.07) is 0. The summed E-state index contributed by atoms with van der Waals surface area (Å²) in [7, 11) is 0. The fraction of sp³-hybridized carbons (Fsp3) is 0.889. The van der Waals surface area contributed by atoms with Gasteiger partial charge in [0.1, 0.15) is 0 Å². The topological polar surface area (TPSA) is 40.5 Å². The van der Waals surface area contributed by atoms with Crippen LogP contribution in [0.3, 0.4) is 0 Å². The van der Waals surface area contributed by atoms with Crippen LogP contribution in [0.1, 0.15) is 32.6 Å². The van der Waals surface area contributed by atoms with Gasteiger partial charge in [-0.1, -0.05) is 6.92 Å². The Morgan fingerprint density at radius 1 is 1.50 bits per heavy atom. The average molecular weight is 171 g/mol. The fourth-order valence-electron chi connectivity index (χ4n) is 1.44. The summed E-state index contributed by atoms with van der Waals surface area (Å²) in [5, 5.41) is 9.24. The van der Waals surface area contributed by atoms with Gasteiger partial charge in [-0.2, -0.15) is 0 Å². The monoisotopic (exact) mass is 171 g/mol. The van der Waals surface area contributed by atoms with Crippen LogP contribution in [-0.4, -0.2) is 35.1 Å². The maximum absolute atomic E-state index is 11.4. The normalized spacial score (nSPS) is 19.7. The molecule has 0 bridgehead atoms. The van der Waals surface area contributed by atoms with Crippen molar-refractivity contribution in [2.75, 3.05) is 13.1 Å². The molecular weight excluding hydrogens is 154 g/mol. The van der Waals surface area contributed by atoms with Crippen LogP contribution in [0.4, 0.5) is 0 Å². The molecule has 1 saturated heterocycles. The zero-order valence-corrected chi connectivity index (χ0v) is 7.62. The molecular formula is C9H17NO2. The molecule has 0 aromatic heterocycles. The molecule has 0 radical (unpaired) electrons. The van der Waals surface area contributed by atoms with Crippen molar-refractivity contribution in [2.24, 2.45) is 0 Å². The van der Waals surface area contributed by atoms with Crippen LogP contribution in [0.2, 0.25) is 0 Å². The number of rotatable bonds is 3. The molecule has 0 saturated carbocycles. The van der Waals surface area contributed by atoms with Gasteiger partial charge in [0.2, 0.25) is 5.91 Å². The molecule has 70 valence electrons. The van der Waals surface area contributed by atoms with E-state index < -0.39 is 6.10 Å². The van der Waals surface area contributed by atoms with Gasteiger partial charge in [0.15, 0.2) is 0 Å². The van der Waals surface area contributed by atoms with Crippen molar-refractivity contribution >= 4 is 5.91 Å². The van der Waals surface area contributed by atoms with Gasteiger partial charge in [-0.25, -0.2) is 0 Å². The van der Waals surface area contributed by atoms with Crippen molar-refractivity contribution in [3.8, 4) is 0 Å². The average Bonchev–Trinajstić information content (AvgIpc) is 2.56. The van der Waals surface area contributed by atoms with E-state index in [0.717, 1.165) is 25.9 Å². The van der Waals surface area contributed by atoms with Crippen LogP contribution in [0.25, 0.3) is 0 Å². The van der Waals surface area contributed by atoms with E-state index in [2.05, 4.69) is 0 Å². The van der Waals surface area contributed by atoms with E-state index in [1.165, 1.54) is 0 Å². The largest absolute Gasteiger partial charge is 0.393 e. The highest BCUT2D eigenvalue weighted by Gasteiger charge is 2.19. The van der Waals surface area contributed by atoms with Crippen molar-refractivity contribution < 1.29 is 9.90 Å². The van der Waals surface area contributed by atoms with Gasteiger partial charge in [-0.15, -0.1) is 0 Å². The maximum Gasteiger partial charge on any atom is 0.225 e. The predicted octanol–water partition coefficient (Wildman–Crippen LogP) is 0.770. The lowest BCUT2D eigenvalue weighted by Crippen LogP contribution is -2.30. The Morgan fingerprint density at radius 3 is 2.58 bits per heavy atom. The molecule has 3 heteroatoms. The SMILES string of the molecule is CCC(O)CC(=O)N1CCCC1. The van der Waals surface area contributed by atoms with Gasteiger partial charge in [-0.05, 0) is 19.3 Å². The number of aliphatic hydroxyl groups is 1. The molecule has 1 unspecified atom stereocenters. The molecule has 0 spiro atoms. The minimum absolute atomic E-state index is 0.113. The van der Waals surface area contributed by atoms with Crippen LogP contribution in [0.15, 0.2) is 0 Å². The summed E-state index contributed by atoms with van der Waals surface area (Å²) in [5.74, 6) is 0.113. The number of aliphatic hydroxyl groups excluding tert-OH is 1. The van der Waals surface area contributed by atoms with Crippen molar-refractivity contribution in [1.29, 1.82) is 0 Å². The Bertz CT molecular complexity index is 153. The lowest BCUT2D eigenvalue weighted by Gasteiger charge is -2.16. The highest BCUT2D eigenvalue weighted by molar-refractivity contribution is 5.76. The zero-order chi connectivity index (χ0) is 8.97. The van der Waals surface area contributed by atoms with Crippen molar-refractivity contribution in [3.05, 3.63) is 0 Å². The quantitative estimate of drug-likeness (QED) is 0.681. The third-order valence-electron chi connectivity index (χ3n) is 2.34. The minimum atomic E-state index is -0.446. The summed E-state index contributed by atoms with van der Waals surface area (Å²) >= 11 is 0. The molecule has 1 heterocycles. The van der Waals surface area contributed by atoms with E-state index in [9.17, 15) is 9.90 Å². The Kier molecular flexibility index (Phi) is 3.53. The molecule has 1 aliphatic rings. The number of likely N-dealkylation sites (tertiary alicyclic amines) is 1. The molecule has 1 N–H and O–H groups in total. The van der Waals surface area contributed by atoms with E-state index in [1.54, 1.807) is 0 Å². The molecule has 1 amide bonds. The maximum atomic E-state index is 11.4. The molecule has 0 aliphatic carbocycles. The van der Waals surface area contributed by atoms with E-state index in [0.29, 0.717) is 12.8 Å². The van der Waals surface area contributed by atoms with Gasteiger partial charge in [0.25, 0.3) is 0 Å². The fourth-order valence-corrected chi connectivity index (χ4v) is 1.44. The molecule has 1 aliphatic heterocycles. The highest BCUT2D eigenvalue weighted by Crippen LogP contribution is 2.10. The third-order valence-corrected chi connectivity index (χ3v) is 2.34. The summed E-state index contributed by atoms with van der Waals surface area (Å²) in [6.07, 6.45) is 2.76. The first kappa shape index (κ1) is 9.52. The summed E-state index contributed by atoms with van der Waals surface area (Å²) in [4.78, 5) is 13.2. The standard InChI is InChI=1S/C9H17NO2/c1-2-8(11)7-9(12)10-5-3-4-6-10/h8,11H,2-7H2,1H3. The van der Waals surface area contributed by atoms with E-state index in [-0.39, 0.29) is 5.91 Å². The minimum Gasteiger partial charge on any atom is -0.393 e. The number of carbonyl (C=O) groups is 1. The molecule has 1 fully saturated rings. The van der Waals surface area contributed by atoms with E-state index >= 15 is 0 Å². The molecule has 12 heavy (non-hydrogen) atoms. The number of carbonyl (C=O) groups excluding carboxylic acids is 1. The molecule has 0 aromatic rings. The van der Waals surface area contributed by atoms with Crippen LogP contribution < -0.4 is 0 Å². The Labute approximate surface area is 73.4 Å². The molecule has 3 nitrogen and oxygen atoms in total. The van der Waals surface area contributed by atoms with Gasteiger partial charge >= 0.3 is 0 Å². The summed E-state index contributed by atoms with van der Waals surface area (Å²) < 4.78 is 0. The number of nitrogens with zero attached hydrogens (tertiary/aromatic N) is 1. The Balaban J connectivity index is 2.27. The first-order valence-electron chi connectivity index (χ1n) is 4.70. The van der Waals surface area contributed by atoms with E-state index in [4.69, 9.17) is 0 Å². The first-order valence-corrected chi connectivity index (χ1v) is 4.70. The predicted molar refractivity (Wildman–Crippen MR) is 46.7 cm³/mol. The van der Waals surface area contributed by atoms with Gasteiger partial charge in [0, 0.05) is 13.1 Å². The Hall–Kier alpha value is -0.570.